The molecule has 110 valence electrons. The minimum atomic E-state index is 0.108. The molecule has 0 spiro atoms. The lowest BCUT2D eigenvalue weighted by Gasteiger charge is -2.30. The third kappa shape index (κ3) is 3.81. The van der Waals surface area contributed by atoms with E-state index in [2.05, 4.69) is 4.90 Å². The van der Waals surface area contributed by atoms with E-state index in [9.17, 15) is 4.79 Å². The van der Waals surface area contributed by atoms with E-state index in [1.54, 1.807) is 0 Å². The number of Topliss-reactive ketones (excluding diaryl/α,β-unsaturated/α-hetero) is 1. The first-order chi connectivity index (χ1) is 9.74. The van der Waals surface area contributed by atoms with Crippen molar-refractivity contribution in [2.75, 3.05) is 32.8 Å². The Morgan fingerprint density at radius 2 is 2.05 bits per heavy atom. The normalized spacial score (nSPS) is 17.1. The lowest BCUT2D eigenvalue weighted by atomic mass is 9.97. The van der Waals surface area contributed by atoms with Gasteiger partial charge in [0.15, 0.2) is 5.78 Å². The maximum atomic E-state index is 12.4. The van der Waals surface area contributed by atoms with Crippen LogP contribution in [-0.2, 0) is 0 Å². The van der Waals surface area contributed by atoms with Gasteiger partial charge in [-0.2, -0.15) is 0 Å². The van der Waals surface area contributed by atoms with Crippen molar-refractivity contribution < 1.29 is 14.6 Å². The van der Waals surface area contributed by atoms with Crippen LogP contribution >= 0.6 is 0 Å². The molecule has 0 bridgehead atoms. The first-order valence-electron chi connectivity index (χ1n) is 7.32. The second-order valence-electron chi connectivity index (χ2n) is 5.25. The zero-order chi connectivity index (χ0) is 14.4. The summed E-state index contributed by atoms with van der Waals surface area (Å²) >= 11 is 0. The van der Waals surface area contributed by atoms with Crippen LogP contribution in [0.25, 0.3) is 0 Å². The predicted octanol–water partition coefficient (Wildman–Crippen LogP) is 1.97. The van der Waals surface area contributed by atoms with Crippen molar-refractivity contribution in [3.63, 3.8) is 0 Å². The van der Waals surface area contributed by atoms with Gasteiger partial charge in [-0.1, -0.05) is 12.1 Å². The minimum Gasteiger partial charge on any atom is -0.493 e. The van der Waals surface area contributed by atoms with Crippen LogP contribution in [0.3, 0.4) is 0 Å². The lowest BCUT2D eigenvalue weighted by Crippen LogP contribution is -2.38. The molecule has 0 radical (unpaired) electrons. The van der Waals surface area contributed by atoms with E-state index in [4.69, 9.17) is 9.84 Å². The maximum Gasteiger partial charge on any atom is 0.180 e. The fourth-order valence-corrected chi connectivity index (χ4v) is 2.59. The molecular weight excluding hydrogens is 254 g/mol. The summed E-state index contributed by atoms with van der Waals surface area (Å²) in [7, 11) is 0. The van der Waals surface area contributed by atoms with E-state index in [0.29, 0.717) is 30.4 Å². The average molecular weight is 277 g/mol. The Hall–Kier alpha value is -1.39. The minimum absolute atomic E-state index is 0.108. The molecule has 0 saturated carbocycles. The number of nitrogens with zero attached hydrogens (tertiary/aromatic N) is 1. The zero-order valence-corrected chi connectivity index (χ0v) is 12.0. The van der Waals surface area contributed by atoms with Gasteiger partial charge in [0.2, 0.25) is 0 Å². The molecule has 2 rings (SSSR count). The van der Waals surface area contributed by atoms with Crippen LogP contribution in [0, 0.1) is 5.92 Å². The van der Waals surface area contributed by atoms with E-state index in [1.807, 2.05) is 31.2 Å². The quantitative estimate of drug-likeness (QED) is 0.808. The zero-order valence-electron chi connectivity index (χ0n) is 12.0. The van der Waals surface area contributed by atoms with E-state index in [1.165, 1.54) is 0 Å². The van der Waals surface area contributed by atoms with Crippen molar-refractivity contribution >= 4 is 5.78 Å². The fraction of sp³-hybridized carbons (Fsp3) is 0.562. The lowest BCUT2D eigenvalue weighted by molar-refractivity contribution is 0.0860. The summed E-state index contributed by atoms with van der Waals surface area (Å²) in [5, 5.41) is 9.13. The highest BCUT2D eigenvalue weighted by atomic mass is 16.5. The average Bonchev–Trinajstić information content (AvgIpc) is 2.49. The molecule has 1 N–H and O–H groups in total. The SMILES string of the molecule is CCOc1ccccc1C(=O)CN1CCC(CO)CC1. The Kier molecular flexibility index (Phi) is 5.56. The second-order valence-corrected chi connectivity index (χ2v) is 5.25. The molecule has 4 nitrogen and oxygen atoms in total. The number of para-hydroxylation sites is 1. The summed E-state index contributed by atoms with van der Waals surface area (Å²) in [5.41, 5.74) is 0.665. The van der Waals surface area contributed by atoms with Gasteiger partial charge in [-0.3, -0.25) is 9.69 Å². The van der Waals surface area contributed by atoms with Crippen LogP contribution in [0.1, 0.15) is 30.1 Å². The van der Waals surface area contributed by atoms with Gasteiger partial charge in [-0.05, 0) is 50.9 Å². The largest absolute Gasteiger partial charge is 0.493 e. The number of ether oxygens (including phenoxy) is 1. The third-order valence-corrected chi connectivity index (χ3v) is 3.82. The van der Waals surface area contributed by atoms with E-state index < -0.39 is 0 Å². The standard InChI is InChI=1S/C16H23NO3/c1-2-20-16-6-4-3-5-14(16)15(19)11-17-9-7-13(12-18)8-10-17/h3-6,13,18H,2,7-12H2,1H3. The van der Waals surface area contributed by atoms with E-state index in [0.717, 1.165) is 25.9 Å². The highest BCUT2D eigenvalue weighted by molar-refractivity contribution is 6.00. The summed E-state index contributed by atoms with van der Waals surface area (Å²) in [6.07, 6.45) is 1.94. The summed E-state index contributed by atoms with van der Waals surface area (Å²) in [4.78, 5) is 14.6. The van der Waals surface area contributed by atoms with Gasteiger partial charge in [0.25, 0.3) is 0 Å². The first-order valence-corrected chi connectivity index (χ1v) is 7.32. The highest BCUT2D eigenvalue weighted by Gasteiger charge is 2.21. The van der Waals surface area contributed by atoms with E-state index in [-0.39, 0.29) is 12.4 Å². The van der Waals surface area contributed by atoms with Crippen LogP contribution < -0.4 is 4.74 Å². The number of aliphatic hydroxyl groups is 1. The molecular formula is C16H23NO3. The van der Waals surface area contributed by atoms with Gasteiger partial charge in [-0.15, -0.1) is 0 Å². The molecule has 1 fully saturated rings. The number of likely N-dealkylation sites (tertiary alicyclic amines) is 1. The fourth-order valence-electron chi connectivity index (χ4n) is 2.59. The number of piperidine rings is 1. The topological polar surface area (TPSA) is 49.8 Å². The molecule has 4 heteroatoms. The van der Waals surface area contributed by atoms with Gasteiger partial charge in [-0.25, -0.2) is 0 Å². The number of benzene rings is 1. The molecule has 20 heavy (non-hydrogen) atoms. The van der Waals surface area contributed by atoms with Crippen LogP contribution in [0.4, 0.5) is 0 Å². The summed E-state index contributed by atoms with van der Waals surface area (Å²) < 4.78 is 5.51. The Bertz CT molecular complexity index is 439. The molecule has 1 aromatic rings. The van der Waals surface area contributed by atoms with Gasteiger partial charge in [0.1, 0.15) is 5.75 Å². The van der Waals surface area contributed by atoms with Crippen molar-refractivity contribution in [1.82, 2.24) is 4.90 Å². The van der Waals surface area contributed by atoms with Crippen molar-refractivity contribution in [1.29, 1.82) is 0 Å². The summed E-state index contributed by atoms with van der Waals surface area (Å²) in [6, 6.07) is 7.42. The number of hydrogen-bond acceptors (Lipinski definition) is 4. The number of carbonyl (C=O) groups is 1. The summed E-state index contributed by atoms with van der Waals surface area (Å²) in [6.45, 7) is 4.94. The number of ketones is 1. The highest BCUT2D eigenvalue weighted by Crippen LogP contribution is 2.21. The molecule has 1 saturated heterocycles. The van der Waals surface area contributed by atoms with Crippen molar-refractivity contribution in [2.24, 2.45) is 5.92 Å². The predicted molar refractivity (Wildman–Crippen MR) is 78.2 cm³/mol. The smallest absolute Gasteiger partial charge is 0.180 e. The molecule has 0 unspecified atom stereocenters. The molecule has 1 aliphatic rings. The Morgan fingerprint density at radius 1 is 1.35 bits per heavy atom. The van der Waals surface area contributed by atoms with Gasteiger partial charge >= 0.3 is 0 Å². The number of rotatable bonds is 6. The van der Waals surface area contributed by atoms with Gasteiger partial charge in [0.05, 0.1) is 18.7 Å². The molecule has 0 amide bonds. The molecule has 1 heterocycles. The van der Waals surface area contributed by atoms with Crippen LogP contribution in [0.2, 0.25) is 0 Å². The summed E-state index contributed by atoms with van der Waals surface area (Å²) in [5.74, 6) is 1.18. The van der Waals surface area contributed by atoms with Crippen molar-refractivity contribution in [2.45, 2.75) is 19.8 Å². The van der Waals surface area contributed by atoms with Gasteiger partial charge < -0.3 is 9.84 Å². The van der Waals surface area contributed by atoms with Crippen molar-refractivity contribution in [3.05, 3.63) is 29.8 Å². The molecule has 1 aliphatic heterocycles. The Labute approximate surface area is 120 Å². The number of aliphatic hydroxyl groups excluding tert-OH is 1. The number of carbonyl (C=O) groups excluding carboxylic acids is 1. The van der Waals surface area contributed by atoms with Crippen molar-refractivity contribution in [3.8, 4) is 5.75 Å². The van der Waals surface area contributed by atoms with Crippen LogP contribution in [-0.4, -0.2) is 48.6 Å². The Morgan fingerprint density at radius 3 is 2.70 bits per heavy atom. The molecule has 0 atom stereocenters. The Balaban J connectivity index is 1.95. The second kappa shape index (κ2) is 7.41. The van der Waals surface area contributed by atoms with E-state index >= 15 is 0 Å². The first kappa shape index (κ1) is 15.0. The van der Waals surface area contributed by atoms with Crippen LogP contribution in [0.15, 0.2) is 24.3 Å². The molecule has 1 aromatic carbocycles. The monoisotopic (exact) mass is 277 g/mol. The van der Waals surface area contributed by atoms with Gasteiger partial charge in [0, 0.05) is 6.61 Å². The molecule has 0 aliphatic carbocycles. The third-order valence-electron chi connectivity index (χ3n) is 3.82. The van der Waals surface area contributed by atoms with Crippen LogP contribution in [0.5, 0.6) is 5.75 Å². The maximum absolute atomic E-state index is 12.4. The number of hydrogen-bond donors (Lipinski definition) is 1. The molecule has 0 aromatic heterocycles.